The third kappa shape index (κ3) is 2.38. The maximum Gasteiger partial charge on any atom is 0.231 e. The van der Waals surface area contributed by atoms with E-state index in [0.717, 1.165) is 36.4 Å². The van der Waals surface area contributed by atoms with Gasteiger partial charge in [0.2, 0.25) is 12.7 Å². The third-order valence-corrected chi connectivity index (χ3v) is 3.74. The molecular formula is C14H18N2O3. The Morgan fingerprint density at radius 3 is 2.84 bits per heavy atom. The van der Waals surface area contributed by atoms with E-state index in [1.165, 1.54) is 0 Å². The Bertz CT molecular complexity index is 497. The largest absolute Gasteiger partial charge is 0.454 e. The summed E-state index contributed by atoms with van der Waals surface area (Å²) in [5.74, 6) is 1.66. The molecule has 1 aromatic rings. The predicted octanol–water partition coefficient (Wildman–Crippen LogP) is 1.03. The van der Waals surface area contributed by atoms with Crippen LogP contribution >= 0.6 is 0 Å². The van der Waals surface area contributed by atoms with Crippen molar-refractivity contribution in [3.8, 4) is 11.5 Å². The zero-order valence-electron chi connectivity index (χ0n) is 11.0. The molecule has 1 saturated carbocycles. The summed E-state index contributed by atoms with van der Waals surface area (Å²) in [6.45, 7) is 1.55. The Labute approximate surface area is 112 Å². The van der Waals surface area contributed by atoms with Gasteiger partial charge in [-0.05, 0) is 37.6 Å². The van der Waals surface area contributed by atoms with Crippen LogP contribution in [0.15, 0.2) is 18.2 Å². The molecule has 0 radical (unpaired) electrons. The number of hydrogen-bond acceptors (Lipinski definition) is 4. The lowest BCUT2D eigenvalue weighted by atomic mass is 10.1. The van der Waals surface area contributed by atoms with Crippen molar-refractivity contribution in [2.45, 2.75) is 19.4 Å². The topological polar surface area (TPSA) is 59.6 Å². The highest BCUT2D eigenvalue weighted by Gasteiger charge is 2.48. The Kier molecular flexibility index (Phi) is 3.06. The highest BCUT2D eigenvalue weighted by atomic mass is 16.7. The van der Waals surface area contributed by atoms with Crippen molar-refractivity contribution < 1.29 is 14.3 Å². The summed E-state index contributed by atoms with van der Waals surface area (Å²) in [6, 6.07) is 5.75. The summed E-state index contributed by atoms with van der Waals surface area (Å²) in [6.07, 6.45) is 1.95. The quantitative estimate of drug-likeness (QED) is 0.832. The average molecular weight is 262 g/mol. The molecule has 2 N–H and O–H groups in total. The molecule has 102 valence electrons. The van der Waals surface area contributed by atoms with E-state index in [-0.39, 0.29) is 18.1 Å². The van der Waals surface area contributed by atoms with Gasteiger partial charge in [0, 0.05) is 13.1 Å². The molecule has 1 heterocycles. The van der Waals surface area contributed by atoms with Crippen LogP contribution < -0.4 is 20.1 Å². The van der Waals surface area contributed by atoms with Gasteiger partial charge in [-0.15, -0.1) is 0 Å². The van der Waals surface area contributed by atoms with Crippen molar-refractivity contribution in [2.24, 2.45) is 5.41 Å². The number of nitrogens with one attached hydrogen (secondary N) is 2. The lowest BCUT2D eigenvalue weighted by Crippen LogP contribution is -2.37. The van der Waals surface area contributed by atoms with Gasteiger partial charge in [0.05, 0.1) is 5.41 Å². The van der Waals surface area contributed by atoms with Crippen LogP contribution in [0.25, 0.3) is 0 Å². The van der Waals surface area contributed by atoms with Crippen LogP contribution in [-0.2, 0) is 11.3 Å². The van der Waals surface area contributed by atoms with E-state index >= 15 is 0 Å². The normalized spacial score (nSPS) is 18.2. The van der Waals surface area contributed by atoms with E-state index in [4.69, 9.17) is 9.47 Å². The molecule has 1 aliphatic heterocycles. The molecule has 19 heavy (non-hydrogen) atoms. The fourth-order valence-electron chi connectivity index (χ4n) is 2.39. The van der Waals surface area contributed by atoms with Crippen LogP contribution in [0, 0.1) is 5.41 Å². The maximum absolute atomic E-state index is 12.1. The van der Waals surface area contributed by atoms with Gasteiger partial charge >= 0.3 is 0 Å². The van der Waals surface area contributed by atoms with Gasteiger partial charge in [0.15, 0.2) is 11.5 Å². The molecule has 2 aliphatic rings. The van der Waals surface area contributed by atoms with Gasteiger partial charge in [-0.25, -0.2) is 0 Å². The van der Waals surface area contributed by atoms with Crippen molar-refractivity contribution in [3.05, 3.63) is 23.8 Å². The summed E-state index contributed by atoms with van der Waals surface area (Å²) < 4.78 is 10.6. The summed E-state index contributed by atoms with van der Waals surface area (Å²) in [5.41, 5.74) is 0.850. The molecule has 0 aromatic heterocycles. The molecule has 0 bridgehead atoms. The minimum Gasteiger partial charge on any atom is -0.454 e. The Balaban J connectivity index is 1.59. The Hall–Kier alpha value is -1.75. The molecule has 0 unspecified atom stereocenters. The fourth-order valence-corrected chi connectivity index (χ4v) is 2.39. The van der Waals surface area contributed by atoms with E-state index in [9.17, 15) is 4.79 Å². The van der Waals surface area contributed by atoms with Gasteiger partial charge in [-0.1, -0.05) is 6.07 Å². The van der Waals surface area contributed by atoms with Crippen LogP contribution in [0.1, 0.15) is 18.4 Å². The van der Waals surface area contributed by atoms with Crippen LogP contribution in [0.3, 0.4) is 0 Å². The molecule has 5 heteroatoms. The number of carbonyl (C=O) groups excluding carboxylic acids is 1. The van der Waals surface area contributed by atoms with Crippen LogP contribution in [0.2, 0.25) is 0 Å². The number of hydrogen-bond donors (Lipinski definition) is 2. The van der Waals surface area contributed by atoms with Crippen molar-refractivity contribution in [3.63, 3.8) is 0 Å². The average Bonchev–Trinajstić information content (AvgIpc) is 3.05. The van der Waals surface area contributed by atoms with Crippen molar-refractivity contribution in [2.75, 3.05) is 20.4 Å². The number of rotatable bonds is 5. The monoisotopic (exact) mass is 262 g/mol. The van der Waals surface area contributed by atoms with Gasteiger partial charge in [-0.2, -0.15) is 0 Å². The van der Waals surface area contributed by atoms with E-state index in [0.29, 0.717) is 6.54 Å². The maximum atomic E-state index is 12.1. The molecule has 1 aromatic carbocycles. The first-order valence-corrected chi connectivity index (χ1v) is 6.55. The molecule has 5 nitrogen and oxygen atoms in total. The van der Waals surface area contributed by atoms with E-state index in [2.05, 4.69) is 10.6 Å². The smallest absolute Gasteiger partial charge is 0.231 e. The number of fused-ring (bicyclic) bond motifs is 1. The second-order valence-electron chi connectivity index (χ2n) is 5.18. The first-order valence-electron chi connectivity index (χ1n) is 6.55. The summed E-state index contributed by atoms with van der Waals surface area (Å²) in [7, 11) is 1.88. The van der Waals surface area contributed by atoms with E-state index in [1.54, 1.807) is 0 Å². The number of ether oxygens (including phenoxy) is 2. The molecule has 1 fully saturated rings. The number of benzene rings is 1. The zero-order valence-corrected chi connectivity index (χ0v) is 11.0. The molecule has 1 aliphatic carbocycles. The van der Waals surface area contributed by atoms with E-state index in [1.807, 2.05) is 25.2 Å². The minimum absolute atomic E-state index is 0.138. The standard InChI is InChI=1S/C14H18N2O3/c1-15-8-14(4-5-14)13(17)16-7-10-2-3-11-12(6-10)19-9-18-11/h2-3,6,15H,4-5,7-9H2,1H3,(H,16,17). The summed E-state index contributed by atoms with van der Waals surface area (Å²) in [5, 5.41) is 6.09. The van der Waals surface area contributed by atoms with Crippen LogP contribution in [0.5, 0.6) is 11.5 Å². The van der Waals surface area contributed by atoms with Crippen LogP contribution in [0.4, 0.5) is 0 Å². The molecule has 1 amide bonds. The third-order valence-electron chi connectivity index (χ3n) is 3.74. The van der Waals surface area contributed by atoms with Gasteiger partial charge in [0.25, 0.3) is 0 Å². The first-order chi connectivity index (χ1) is 9.23. The van der Waals surface area contributed by atoms with Gasteiger partial charge in [0.1, 0.15) is 0 Å². The number of carbonyl (C=O) groups is 1. The second kappa shape index (κ2) is 4.74. The Morgan fingerprint density at radius 1 is 1.32 bits per heavy atom. The summed E-state index contributed by atoms with van der Waals surface area (Å²) >= 11 is 0. The number of amides is 1. The van der Waals surface area contributed by atoms with Crippen LogP contribution in [-0.4, -0.2) is 26.3 Å². The second-order valence-corrected chi connectivity index (χ2v) is 5.18. The molecule has 0 atom stereocenters. The van der Waals surface area contributed by atoms with Crippen molar-refractivity contribution >= 4 is 5.91 Å². The van der Waals surface area contributed by atoms with Crippen molar-refractivity contribution in [1.29, 1.82) is 0 Å². The summed E-state index contributed by atoms with van der Waals surface area (Å²) in [4.78, 5) is 12.1. The SMILES string of the molecule is CNCC1(C(=O)NCc2ccc3c(c2)OCO3)CC1. The van der Waals surface area contributed by atoms with E-state index < -0.39 is 0 Å². The Morgan fingerprint density at radius 2 is 2.11 bits per heavy atom. The van der Waals surface area contributed by atoms with Crippen molar-refractivity contribution in [1.82, 2.24) is 10.6 Å². The minimum atomic E-state index is -0.176. The van der Waals surface area contributed by atoms with Gasteiger partial charge < -0.3 is 20.1 Å². The lowest BCUT2D eigenvalue weighted by Gasteiger charge is -2.14. The van der Waals surface area contributed by atoms with Gasteiger partial charge in [-0.3, -0.25) is 4.79 Å². The molecule has 0 spiro atoms. The lowest BCUT2D eigenvalue weighted by molar-refractivity contribution is -0.126. The first kappa shape index (κ1) is 12.3. The molecule has 3 rings (SSSR count). The highest BCUT2D eigenvalue weighted by Crippen LogP contribution is 2.45. The highest BCUT2D eigenvalue weighted by molar-refractivity contribution is 5.85. The fraction of sp³-hybridized carbons (Fsp3) is 0.500. The molecular weight excluding hydrogens is 244 g/mol. The predicted molar refractivity (Wildman–Crippen MR) is 70.0 cm³/mol. The zero-order chi connectivity index (χ0) is 13.3. The molecule has 0 saturated heterocycles.